The van der Waals surface area contributed by atoms with E-state index in [2.05, 4.69) is 4.99 Å². The van der Waals surface area contributed by atoms with Gasteiger partial charge in [-0.15, -0.1) is 0 Å². The highest BCUT2D eigenvalue weighted by atomic mass is 35.5. The van der Waals surface area contributed by atoms with Crippen LogP contribution in [0.3, 0.4) is 0 Å². The average molecular weight is 360 g/mol. The van der Waals surface area contributed by atoms with Crippen molar-refractivity contribution in [1.82, 2.24) is 4.90 Å². The molecule has 2 aliphatic heterocycles. The summed E-state index contributed by atoms with van der Waals surface area (Å²) in [5, 5.41) is 19.0. The molecule has 0 radical (unpaired) electrons. The van der Waals surface area contributed by atoms with Crippen LogP contribution in [0.1, 0.15) is 17.5 Å². The standard InChI is InChI=1S/C15H13ClF3N3O2/c1-7-9(3-2-8(6-20)11(7)16)21-14-22-5-4-10(23)12(22)13(24-14)15(17,18)19/h2-3,10,12-13,23H,4-5H2,1H3/t10-,12+,13-/m1/s1. The van der Waals surface area contributed by atoms with Crippen molar-refractivity contribution in [3.8, 4) is 6.07 Å². The molecule has 24 heavy (non-hydrogen) atoms. The fraction of sp³-hybridized carbons (Fsp3) is 0.467. The molecule has 0 unspecified atom stereocenters. The lowest BCUT2D eigenvalue weighted by molar-refractivity contribution is -0.203. The lowest BCUT2D eigenvalue weighted by Crippen LogP contribution is -2.45. The number of rotatable bonds is 1. The summed E-state index contributed by atoms with van der Waals surface area (Å²) in [7, 11) is 0. The van der Waals surface area contributed by atoms with Crippen LogP contribution >= 0.6 is 11.6 Å². The van der Waals surface area contributed by atoms with Crippen LogP contribution in [-0.4, -0.2) is 47.0 Å². The summed E-state index contributed by atoms with van der Waals surface area (Å²) in [5.41, 5.74) is 1.05. The zero-order chi connectivity index (χ0) is 17.6. The van der Waals surface area contributed by atoms with Gasteiger partial charge in [0.1, 0.15) is 12.1 Å². The highest BCUT2D eigenvalue weighted by Crippen LogP contribution is 2.39. The number of halogens is 4. The molecule has 0 aliphatic carbocycles. The second kappa shape index (κ2) is 5.83. The molecular weight excluding hydrogens is 347 g/mol. The van der Waals surface area contributed by atoms with Crippen molar-refractivity contribution in [3.63, 3.8) is 0 Å². The van der Waals surface area contributed by atoms with Crippen LogP contribution in [0.15, 0.2) is 17.1 Å². The molecule has 9 heteroatoms. The van der Waals surface area contributed by atoms with E-state index in [1.54, 1.807) is 6.92 Å². The number of nitrogens with zero attached hydrogens (tertiary/aromatic N) is 3. The summed E-state index contributed by atoms with van der Waals surface area (Å²) in [6.45, 7) is 1.84. The molecule has 0 spiro atoms. The second-order valence-corrected chi connectivity index (χ2v) is 6.08. The molecule has 0 saturated carbocycles. The number of alkyl halides is 3. The molecule has 2 saturated heterocycles. The van der Waals surface area contributed by atoms with E-state index in [1.807, 2.05) is 6.07 Å². The molecule has 2 aliphatic rings. The monoisotopic (exact) mass is 359 g/mol. The smallest absolute Gasteiger partial charge is 0.427 e. The molecule has 2 heterocycles. The fourth-order valence-electron chi connectivity index (χ4n) is 2.97. The number of fused-ring (bicyclic) bond motifs is 1. The van der Waals surface area contributed by atoms with Gasteiger partial charge in [-0.2, -0.15) is 23.4 Å². The predicted octanol–water partition coefficient (Wildman–Crippen LogP) is 2.90. The summed E-state index contributed by atoms with van der Waals surface area (Å²) in [5.74, 6) is 0. The first-order chi connectivity index (χ1) is 11.2. The summed E-state index contributed by atoms with van der Waals surface area (Å²) in [6, 6.07) is 3.48. The fourth-order valence-corrected chi connectivity index (χ4v) is 3.18. The molecule has 0 bridgehead atoms. The summed E-state index contributed by atoms with van der Waals surface area (Å²) in [6.07, 6.45) is -7.65. The number of aliphatic imine (C=N–C) groups is 1. The van der Waals surface area contributed by atoms with Crippen LogP contribution in [0.5, 0.6) is 0 Å². The second-order valence-electron chi connectivity index (χ2n) is 5.70. The number of hydrogen-bond donors (Lipinski definition) is 1. The number of nitriles is 1. The van der Waals surface area contributed by atoms with Crippen molar-refractivity contribution in [2.75, 3.05) is 6.54 Å². The Morgan fingerprint density at radius 3 is 2.79 bits per heavy atom. The molecular formula is C15H13ClF3N3O2. The molecule has 128 valence electrons. The van der Waals surface area contributed by atoms with Gasteiger partial charge in [0.25, 0.3) is 6.02 Å². The Morgan fingerprint density at radius 2 is 2.17 bits per heavy atom. The first-order valence-corrected chi connectivity index (χ1v) is 7.58. The molecule has 3 atom stereocenters. The minimum Gasteiger partial charge on any atom is -0.450 e. The molecule has 1 aromatic carbocycles. The first-order valence-electron chi connectivity index (χ1n) is 7.20. The van der Waals surface area contributed by atoms with Crippen molar-refractivity contribution in [3.05, 3.63) is 28.3 Å². The third-order valence-corrected chi connectivity index (χ3v) is 4.71. The van der Waals surface area contributed by atoms with Gasteiger partial charge >= 0.3 is 6.18 Å². The van der Waals surface area contributed by atoms with E-state index in [-0.39, 0.29) is 29.6 Å². The van der Waals surface area contributed by atoms with E-state index >= 15 is 0 Å². The van der Waals surface area contributed by atoms with Gasteiger partial charge in [-0.3, -0.25) is 0 Å². The van der Waals surface area contributed by atoms with Crippen molar-refractivity contribution in [2.45, 2.75) is 37.8 Å². The topological polar surface area (TPSA) is 68.8 Å². The SMILES string of the molecule is Cc1c(N=C2O[C@@H](C(F)(F)F)[C@@H]3[C@H](O)CCN23)ccc(C#N)c1Cl. The highest BCUT2D eigenvalue weighted by molar-refractivity contribution is 6.32. The van der Waals surface area contributed by atoms with Crippen LogP contribution in [0.2, 0.25) is 5.02 Å². The Hall–Kier alpha value is -1.98. The van der Waals surface area contributed by atoms with Crippen molar-refractivity contribution in [1.29, 1.82) is 5.26 Å². The van der Waals surface area contributed by atoms with E-state index in [9.17, 15) is 18.3 Å². The molecule has 1 aromatic rings. The van der Waals surface area contributed by atoms with E-state index in [1.165, 1.54) is 17.0 Å². The van der Waals surface area contributed by atoms with Crippen LogP contribution in [0.4, 0.5) is 18.9 Å². The minimum atomic E-state index is -4.61. The van der Waals surface area contributed by atoms with Crippen LogP contribution in [0.25, 0.3) is 0 Å². The van der Waals surface area contributed by atoms with E-state index in [4.69, 9.17) is 21.6 Å². The highest BCUT2D eigenvalue weighted by Gasteiger charge is 2.59. The lowest BCUT2D eigenvalue weighted by atomic mass is 10.1. The van der Waals surface area contributed by atoms with Gasteiger partial charge in [0, 0.05) is 6.54 Å². The molecule has 5 nitrogen and oxygen atoms in total. The van der Waals surface area contributed by atoms with Crippen molar-refractivity contribution in [2.24, 2.45) is 4.99 Å². The van der Waals surface area contributed by atoms with Gasteiger partial charge in [-0.1, -0.05) is 11.6 Å². The molecule has 0 amide bonds. The number of benzene rings is 1. The molecule has 2 fully saturated rings. The summed E-state index contributed by atoms with van der Waals surface area (Å²) >= 11 is 6.05. The normalized spacial score (nSPS) is 28.0. The Kier molecular flexibility index (Phi) is 4.10. The Labute approximate surface area is 140 Å². The number of aliphatic hydroxyl groups excluding tert-OH is 1. The lowest BCUT2D eigenvalue weighted by Gasteiger charge is -2.21. The van der Waals surface area contributed by atoms with E-state index in [0.29, 0.717) is 11.3 Å². The van der Waals surface area contributed by atoms with Gasteiger partial charge in [-0.05, 0) is 31.0 Å². The maximum atomic E-state index is 13.2. The van der Waals surface area contributed by atoms with Gasteiger partial charge < -0.3 is 14.7 Å². The number of ether oxygens (including phenoxy) is 1. The number of aliphatic hydroxyl groups is 1. The predicted molar refractivity (Wildman–Crippen MR) is 80.0 cm³/mol. The van der Waals surface area contributed by atoms with Crippen molar-refractivity contribution < 1.29 is 23.0 Å². The number of amidine groups is 1. The van der Waals surface area contributed by atoms with Gasteiger partial charge in [-0.25, -0.2) is 0 Å². The Morgan fingerprint density at radius 1 is 1.46 bits per heavy atom. The average Bonchev–Trinajstić information content (AvgIpc) is 3.06. The first kappa shape index (κ1) is 16.9. The quantitative estimate of drug-likeness (QED) is 0.837. The largest absolute Gasteiger partial charge is 0.450 e. The Bertz CT molecular complexity index is 745. The third-order valence-electron chi connectivity index (χ3n) is 4.23. The van der Waals surface area contributed by atoms with Crippen molar-refractivity contribution >= 4 is 23.3 Å². The summed E-state index contributed by atoms with van der Waals surface area (Å²) in [4.78, 5) is 5.48. The van der Waals surface area contributed by atoms with Gasteiger partial charge in [0.05, 0.1) is 22.4 Å². The van der Waals surface area contributed by atoms with Crippen LogP contribution in [-0.2, 0) is 4.74 Å². The third kappa shape index (κ3) is 2.68. The molecule has 1 N–H and O–H groups in total. The molecule has 0 aromatic heterocycles. The van der Waals surface area contributed by atoms with E-state index in [0.717, 1.165) is 0 Å². The molecule has 3 rings (SSSR count). The van der Waals surface area contributed by atoms with Gasteiger partial charge in [0.15, 0.2) is 0 Å². The minimum absolute atomic E-state index is 0.192. The van der Waals surface area contributed by atoms with E-state index < -0.39 is 24.4 Å². The van der Waals surface area contributed by atoms with Crippen LogP contribution in [0, 0.1) is 18.3 Å². The van der Waals surface area contributed by atoms with Gasteiger partial charge in [0.2, 0.25) is 6.10 Å². The van der Waals surface area contributed by atoms with Crippen LogP contribution < -0.4 is 0 Å². The summed E-state index contributed by atoms with van der Waals surface area (Å²) < 4.78 is 44.5. The maximum Gasteiger partial charge on any atom is 0.427 e. The Balaban J connectivity index is 2.00. The zero-order valence-electron chi connectivity index (χ0n) is 12.5. The maximum absolute atomic E-state index is 13.2. The zero-order valence-corrected chi connectivity index (χ0v) is 13.3. The number of hydrogen-bond acceptors (Lipinski definition) is 4.